The second-order valence-corrected chi connectivity index (χ2v) is 4.59. The normalized spacial score (nSPS) is 11.3. The highest BCUT2D eigenvalue weighted by atomic mass is 79.9. The average Bonchev–Trinajstić information content (AvgIpc) is 2.41. The topological polar surface area (TPSA) is 73.1 Å². The lowest BCUT2D eigenvalue weighted by Crippen LogP contribution is -2.16. The molecule has 0 aliphatic carbocycles. The van der Waals surface area contributed by atoms with E-state index in [1.165, 1.54) is 12.1 Å². The standard InChI is InChI=1S/C11H7BrF4N4O/c12-6-3-5(1-2-7(6)13)21-9-4-8(20-17)18-10(19-9)11(14,15)16/h1-4H,17H2,(H,18,19,20). The van der Waals surface area contributed by atoms with E-state index in [-0.39, 0.29) is 21.9 Å². The van der Waals surface area contributed by atoms with Crippen molar-refractivity contribution in [3.63, 3.8) is 0 Å². The van der Waals surface area contributed by atoms with E-state index < -0.39 is 17.8 Å². The number of nitrogen functional groups attached to an aromatic ring is 1. The van der Waals surface area contributed by atoms with Gasteiger partial charge in [-0.1, -0.05) is 0 Å². The van der Waals surface area contributed by atoms with Gasteiger partial charge in [-0.3, -0.25) is 0 Å². The van der Waals surface area contributed by atoms with Crippen molar-refractivity contribution in [2.45, 2.75) is 6.18 Å². The van der Waals surface area contributed by atoms with Gasteiger partial charge in [-0.15, -0.1) is 0 Å². The molecular weight excluding hydrogens is 360 g/mol. The summed E-state index contributed by atoms with van der Waals surface area (Å²) in [5.74, 6) is 2.54. The molecule has 3 N–H and O–H groups in total. The Balaban J connectivity index is 2.36. The molecule has 1 aromatic carbocycles. The minimum absolute atomic E-state index is 0.0954. The number of nitrogens with two attached hydrogens (primary N) is 1. The first-order valence-electron chi connectivity index (χ1n) is 5.35. The lowest BCUT2D eigenvalue weighted by atomic mass is 10.3. The van der Waals surface area contributed by atoms with Crippen LogP contribution >= 0.6 is 15.9 Å². The van der Waals surface area contributed by atoms with Crippen LogP contribution in [-0.4, -0.2) is 9.97 Å². The third-order valence-corrected chi connectivity index (χ3v) is 2.83. The molecule has 21 heavy (non-hydrogen) atoms. The fourth-order valence-corrected chi connectivity index (χ4v) is 1.70. The SMILES string of the molecule is NNc1cc(Oc2ccc(F)c(Br)c2)nc(C(F)(F)F)n1. The summed E-state index contributed by atoms with van der Waals surface area (Å²) in [5, 5.41) is 0. The van der Waals surface area contributed by atoms with Crippen LogP contribution in [0.2, 0.25) is 0 Å². The van der Waals surface area contributed by atoms with Crippen molar-refractivity contribution in [3.8, 4) is 11.6 Å². The number of hydrazine groups is 1. The molecule has 0 saturated heterocycles. The van der Waals surface area contributed by atoms with Crippen molar-refractivity contribution in [2.24, 2.45) is 5.84 Å². The molecule has 10 heteroatoms. The first-order valence-corrected chi connectivity index (χ1v) is 6.14. The molecule has 0 radical (unpaired) electrons. The quantitative estimate of drug-likeness (QED) is 0.494. The molecule has 0 bridgehead atoms. The zero-order valence-corrected chi connectivity index (χ0v) is 11.7. The van der Waals surface area contributed by atoms with E-state index >= 15 is 0 Å². The number of hydrogen-bond acceptors (Lipinski definition) is 5. The summed E-state index contributed by atoms with van der Waals surface area (Å²) in [4.78, 5) is 6.41. The molecule has 0 atom stereocenters. The summed E-state index contributed by atoms with van der Waals surface area (Å²) in [5.41, 5.74) is 1.99. The molecule has 0 aliphatic heterocycles. The molecule has 112 valence electrons. The molecular formula is C11H7BrF4N4O. The van der Waals surface area contributed by atoms with E-state index in [0.29, 0.717) is 0 Å². The highest BCUT2D eigenvalue weighted by Crippen LogP contribution is 2.31. The van der Waals surface area contributed by atoms with Crippen molar-refractivity contribution in [2.75, 3.05) is 5.43 Å². The van der Waals surface area contributed by atoms with Crippen LogP contribution < -0.4 is 16.0 Å². The maximum absolute atomic E-state index is 13.1. The second-order valence-electron chi connectivity index (χ2n) is 3.74. The smallest absolute Gasteiger partial charge is 0.439 e. The van der Waals surface area contributed by atoms with Crippen molar-refractivity contribution < 1.29 is 22.3 Å². The number of alkyl halides is 3. The van der Waals surface area contributed by atoms with Gasteiger partial charge in [0.25, 0.3) is 0 Å². The molecule has 1 aromatic heterocycles. The Hall–Kier alpha value is -1.94. The maximum atomic E-state index is 13.1. The minimum Gasteiger partial charge on any atom is -0.439 e. The van der Waals surface area contributed by atoms with Gasteiger partial charge in [-0.05, 0) is 34.1 Å². The highest BCUT2D eigenvalue weighted by molar-refractivity contribution is 9.10. The molecule has 5 nitrogen and oxygen atoms in total. The van der Waals surface area contributed by atoms with Gasteiger partial charge in [0.2, 0.25) is 11.7 Å². The summed E-state index contributed by atoms with van der Waals surface area (Å²) in [6, 6.07) is 4.66. The number of hydrogen-bond donors (Lipinski definition) is 2. The molecule has 0 saturated carbocycles. The van der Waals surface area contributed by atoms with Crippen LogP contribution in [0.15, 0.2) is 28.7 Å². The molecule has 0 unspecified atom stereocenters. The highest BCUT2D eigenvalue weighted by Gasteiger charge is 2.35. The van der Waals surface area contributed by atoms with Gasteiger partial charge in [0, 0.05) is 6.07 Å². The summed E-state index contributed by atoms with van der Waals surface area (Å²) in [6.07, 6.45) is -4.76. The number of benzene rings is 1. The number of nitrogens with zero attached hydrogens (tertiary/aromatic N) is 2. The fourth-order valence-electron chi connectivity index (χ4n) is 1.34. The molecule has 0 spiro atoms. The van der Waals surface area contributed by atoms with E-state index in [2.05, 4.69) is 25.9 Å². The zero-order valence-electron chi connectivity index (χ0n) is 10.1. The third-order valence-electron chi connectivity index (χ3n) is 2.22. The number of aromatic nitrogens is 2. The first kappa shape index (κ1) is 15.4. The van der Waals surface area contributed by atoms with Crippen LogP contribution in [0.3, 0.4) is 0 Å². The van der Waals surface area contributed by atoms with Gasteiger partial charge in [-0.2, -0.15) is 18.2 Å². The predicted molar refractivity (Wildman–Crippen MR) is 69.0 cm³/mol. The Morgan fingerprint density at radius 1 is 1.19 bits per heavy atom. The van der Waals surface area contributed by atoms with Crippen LogP contribution in [-0.2, 0) is 6.18 Å². The van der Waals surface area contributed by atoms with Gasteiger partial charge in [0.05, 0.1) is 4.47 Å². The second kappa shape index (κ2) is 5.82. The van der Waals surface area contributed by atoms with E-state index in [9.17, 15) is 17.6 Å². The van der Waals surface area contributed by atoms with Gasteiger partial charge >= 0.3 is 6.18 Å². The average molecular weight is 367 g/mol. The monoisotopic (exact) mass is 366 g/mol. The van der Waals surface area contributed by atoms with Gasteiger partial charge in [-0.25, -0.2) is 15.2 Å². The number of anilines is 1. The van der Waals surface area contributed by atoms with E-state index in [1.54, 1.807) is 0 Å². The van der Waals surface area contributed by atoms with Crippen molar-refractivity contribution >= 4 is 21.7 Å². The Morgan fingerprint density at radius 3 is 2.48 bits per heavy atom. The van der Waals surface area contributed by atoms with Crippen LogP contribution in [0, 0.1) is 5.82 Å². The van der Waals surface area contributed by atoms with E-state index in [4.69, 9.17) is 10.6 Å². The molecule has 0 amide bonds. The Morgan fingerprint density at radius 2 is 1.90 bits per heavy atom. The van der Waals surface area contributed by atoms with Gasteiger partial charge in [0.15, 0.2) is 0 Å². The molecule has 2 rings (SSSR count). The van der Waals surface area contributed by atoms with Crippen LogP contribution in [0.4, 0.5) is 23.4 Å². The lowest BCUT2D eigenvalue weighted by molar-refractivity contribution is -0.145. The first-order chi connectivity index (χ1) is 9.79. The summed E-state index contributed by atoms with van der Waals surface area (Å²) < 4.78 is 56.2. The Labute approximate surface area is 124 Å². The fraction of sp³-hybridized carbons (Fsp3) is 0.0909. The third kappa shape index (κ3) is 3.79. The maximum Gasteiger partial charge on any atom is 0.451 e. The Bertz CT molecular complexity index is 665. The summed E-state index contributed by atoms with van der Waals surface area (Å²) >= 11 is 2.93. The summed E-state index contributed by atoms with van der Waals surface area (Å²) in [6.45, 7) is 0. The van der Waals surface area contributed by atoms with Crippen LogP contribution in [0.25, 0.3) is 0 Å². The van der Waals surface area contributed by atoms with Crippen LogP contribution in [0.1, 0.15) is 5.82 Å². The lowest BCUT2D eigenvalue weighted by Gasteiger charge is -2.10. The number of rotatable bonds is 3. The van der Waals surface area contributed by atoms with E-state index in [0.717, 1.165) is 12.1 Å². The number of ether oxygens (including phenoxy) is 1. The molecule has 2 aromatic rings. The zero-order chi connectivity index (χ0) is 15.6. The van der Waals surface area contributed by atoms with Crippen molar-refractivity contribution in [1.29, 1.82) is 0 Å². The summed E-state index contributed by atoms with van der Waals surface area (Å²) in [7, 11) is 0. The largest absolute Gasteiger partial charge is 0.451 e. The van der Waals surface area contributed by atoms with Gasteiger partial charge in [0.1, 0.15) is 17.4 Å². The van der Waals surface area contributed by atoms with Crippen molar-refractivity contribution in [3.05, 3.63) is 40.4 Å². The van der Waals surface area contributed by atoms with Gasteiger partial charge < -0.3 is 10.2 Å². The van der Waals surface area contributed by atoms with Crippen molar-refractivity contribution in [1.82, 2.24) is 9.97 Å². The molecule has 0 fully saturated rings. The number of halogens is 5. The molecule has 0 aliphatic rings. The van der Waals surface area contributed by atoms with Crippen LogP contribution in [0.5, 0.6) is 11.6 Å². The predicted octanol–water partition coefficient (Wildman–Crippen LogP) is 3.47. The number of nitrogens with one attached hydrogen (secondary N) is 1. The van der Waals surface area contributed by atoms with E-state index in [1.807, 2.05) is 5.43 Å². The minimum atomic E-state index is -4.76. The molecule has 1 heterocycles. The Kier molecular flexibility index (Phi) is 4.28.